The Bertz CT molecular complexity index is 1130. The average Bonchev–Trinajstić information content (AvgIpc) is 2.92. The van der Waals surface area contributed by atoms with E-state index in [-0.39, 0.29) is 29.9 Å². The molecule has 0 aliphatic rings. The molecule has 3 aromatic rings. The summed E-state index contributed by atoms with van der Waals surface area (Å²) in [5.74, 6) is 0.910. The molecule has 1 N–H and O–H groups in total. The lowest BCUT2D eigenvalue weighted by molar-refractivity contribution is -0.139. The second-order valence-electron chi connectivity index (χ2n) is 8.84. The highest BCUT2D eigenvalue weighted by Crippen LogP contribution is 2.20. The number of thioether (sulfide) groups is 1. The molecule has 0 bridgehead atoms. The summed E-state index contributed by atoms with van der Waals surface area (Å²) >= 11 is 1.45. The van der Waals surface area contributed by atoms with Gasteiger partial charge in [0.25, 0.3) is 0 Å². The molecule has 3 rings (SSSR count). The molecule has 1 atom stereocenters. The zero-order chi connectivity index (χ0) is 26.5. The number of carbonyl (C=O) groups excluding carboxylic acids is 2. The molecule has 0 fully saturated rings. The molecule has 0 aliphatic carbocycles. The fourth-order valence-electron chi connectivity index (χ4n) is 3.95. The van der Waals surface area contributed by atoms with Crippen LogP contribution in [0.25, 0.3) is 0 Å². The summed E-state index contributed by atoms with van der Waals surface area (Å²) in [7, 11) is 1.60. The molecule has 7 heteroatoms. The van der Waals surface area contributed by atoms with Gasteiger partial charge in [0, 0.05) is 25.3 Å². The molecule has 196 valence electrons. The number of methoxy groups -OCH3 is 1. The van der Waals surface area contributed by atoms with Gasteiger partial charge in [-0.2, -0.15) is 0 Å². The second kappa shape index (κ2) is 15.1. The third kappa shape index (κ3) is 9.25. The number of carbonyl (C=O) groups is 2. The molecule has 0 saturated carbocycles. The molecule has 0 aliphatic heterocycles. The van der Waals surface area contributed by atoms with Gasteiger partial charge in [0.15, 0.2) is 0 Å². The number of hydrogen-bond acceptors (Lipinski definition) is 4. The summed E-state index contributed by atoms with van der Waals surface area (Å²) in [6, 6.07) is 22.9. The predicted octanol–water partition coefficient (Wildman–Crippen LogP) is 5.62. The highest BCUT2D eigenvalue weighted by molar-refractivity contribution is 7.99. The fourth-order valence-corrected chi connectivity index (χ4v) is 4.82. The number of halogens is 1. The maximum atomic E-state index is 13.6. The van der Waals surface area contributed by atoms with Gasteiger partial charge in [0.1, 0.15) is 17.6 Å². The van der Waals surface area contributed by atoms with Gasteiger partial charge in [-0.15, -0.1) is 11.8 Å². The number of amides is 2. The van der Waals surface area contributed by atoms with Crippen LogP contribution in [0.1, 0.15) is 36.5 Å². The van der Waals surface area contributed by atoms with E-state index in [2.05, 4.69) is 12.2 Å². The molecule has 0 unspecified atom stereocenters. The van der Waals surface area contributed by atoms with E-state index in [0.717, 1.165) is 29.5 Å². The zero-order valence-corrected chi connectivity index (χ0v) is 22.3. The fraction of sp³-hybridized carbons (Fsp3) is 0.333. The SMILES string of the molecule is CCCCNC(=O)[C@H](Cc1ccccc1)N(Cc1cccc(OC)c1)C(=O)CSCc1ccc(F)cc1. The minimum atomic E-state index is -0.663. The van der Waals surface area contributed by atoms with E-state index in [0.29, 0.717) is 24.5 Å². The lowest BCUT2D eigenvalue weighted by Gasteiger charge is -2.31. The number of ether oxygens (including phenoxy) is 1. The Labute approximate surface area is 223 Å². The Hall–Kier alpha value is -3.32. The van der Waals surface area contributed by atoms with E-state index >= 15 is 0 Å². The molecule has 0 spiro atoms. The van der Waals surface area contributed by atoms with Crippen LogP contribution in [0.3, 0.4) is 0 Å². The topological polar surface area (TPSA) is 58.6 Å². The Morgan fingerprint density at radius 2 is 1.70 bits per heavy atom. The number of benzene rings is 3. The van der Waals surface area contributed by atoms with Crippen LogP contribution < -0.4 is 10.1 Å². The maximum Gasteiger partial charge on any atom is 0.243 e. The highest BCUT2D eigenvalue weighted by Gasteiger charge is 2.30. The summed E-state index contributed by atoms with van der Waals surface area (Å²) in [6.45, 7) is 2.93. The Balaban J connectivity index is 1.84. The van der Waals surface area contributed by atoms with Crippen LogP contribution >= 0.6 is 11.8 Å². The molecule has 3 aromatic carbocycles. The summed E-state index contributed by atoms with van der Waals surface area (Å²) in [4.78, 5) is 28.8. The first-order valence-corrected chi connectivity index (χ1v) is 13.7. The molecular weight excluding hydrogens is 487 g/mol. The van der Waals surface area contributed by atoms with Gasteiger partial charge in [-0.25, -0.2) is 4.39 Å². The summed E-state index contributed by atoms with van der Waals surface area (Å²) in [6.07, 6.45) is 2.26. The van der Waals surface area contributed by atoms with Crippen molar-refractivity contribution in [3.05, 3.63) is 101 Å². The normalized spacial score (nSPS) is 11.5. The molecule has 2 amide bonds. The average molecular weight is 523 g/mol. The predicted molar refractivity (Wildman–Crippen MR) is 148 cm³/mol. The van der Waals surface area contributed by atoms with Crippen LogP contribution in [0.4, 0.5) is 4.39 Å². The van der Waals surface area contributed by atoms with Crippen molar-refractivity contribution < 1.29 is 18.7 Å². The lowest BCUT2D eigenvalue weighted by atomic mass is 10.0. The molecule has 37 heavy (non-hydrogen) atoms. The monoisotopic (exact) mass is 522 g/mol. The largest absolute Gasteiger partial charge is 0.497 e. The third-order valence-electron chi connectivity index (χ3n) is 6.00. The van der Waals surface area contributed by atoms with Gasteiger partial charge in [-0.05, 0) is 47.4 Å². The number of hydrogen-bond donors (Lipinski definition) is 1. The van der Waals surface area contributed by atoms with Gasteiger partial charge >= 0.3 is 0 Å². The third-order valence-corrected chi connectivity index (χ3v) is 6.98. The molecule has 0 aromatic heterocycles. The second-order valence-corrected chi connectivity index (χ2v) is 9.83. The number of nitrogens with zero attached hydrogens (tertiary/aromatic N) is 1. The van der Waals surface area contributed by atoms with Crippen molar-refractivity contribution in [3.63, 3.8) is 0 Å². The first-order chi connectivity index (χ1) is 18.0. The quantitative estimate of drug-likeness (QED) is 0.279. The Morgan fingerprint density at radius 3 is 2.41 bits per heavy atom. The van der Waals surface area contributed by atoms with Crippen molar-refractivity contribution in [2.75, 3.05) is 19.4 Å². The van der Waals surface area contributed by atoms with E-state index in [4.69, 9.17) is 4.74 Å². The first-order valence-electron chi connectivity index (χ1n) is 12.6. The van der Waals surface area contributed by atoms with Gasteiger partial charge in [-0.3, -0.25) is 9.59 Å². The van der Waals surface area contributed by atoms with Crippen LogP contribution in [-0.4, -0.2) is 42.2 Å². The minimum Gasteiger partial charge on any atom is -0.497 e. The van der Waals surface area contributed by atoms with E-state index in [9.17, 15) is 14.0 Å². The van der Waals surface area contributed by atoms with Crippen molar-refractivity contribution in [2.45, 2.75) is 44.5 Å². The molecule has 0 radical (unpaired) electrons. The van der Waals surface area contributed by atoms with Crippen LogP contribution in [0.2, 0.25) is 0 Å². The number of nitrogens with one attached hydrogen (secondary N) is 1. The first kappa shape index (κ1) is 28.3. The van der Waals surface area contributed by atoms with Crippen molar-refractivity contribution in [3.8, 4) is 5.75 Å². The van der Waals surface area contributed by atoms with Crippen molar-refractivity contribution >= 4 is 23.6 Å². The van der Waals surface area contributed by atoms with Crippen LogP contribution in [0.15, 0.2) is 78.9 Å². The van der Waals surface area contributed by atoms with Crippen LogP contribution in [0, 0.1) is 5.82 Å². The van der Waals surface area contributed by atoms with Crippen LogP contribution in [-0.2, 0) is 28.3 Å². The van der Waals surface area contributed by atoms with Gasteiger partial charge in [0.2, 0.25) is 11.8 Å². The van der Waals surface area contributed by atoms with E-state index < -0.39 is 6.04 Å². The smallest absolute Gasteiger partial charge is 0.243 e. The van der Waals surface area contributed by atoms with Gasteiger partial charge < -0.3 is 15.0 Å². The molecule has 0 saturated heterocycles. The van der Waals surface area contributed by atoms with E-state index in [1.54, 1.807) is 24.1 Å². The molecule has 5 nitrogen and oxygen atoms in total. The van der Waals surface area contributed by atoms with Gasteiger partial charge in [-0.1, -0.05) is 67.9 Å². The van der Waals surface area contributed by atoms with Gasteiger partial charge in [0.05, 0.1) is 12.9 Å². The standard InChI is InChI=1S/C30H35FN2O3S/c1-3-4-17-32-30(35)28(19-23-9-6-5-7-10-23)33(20-25-11-8-12-27(18-25)36-2)29(34)22-37-21-24-13-15-26(31)16-14-24/h5-16,18,28H,3-4,17,19-22H2,1-2H3,(H,32,35)/t28-/m0/s1. The van der Waals surface area contributed by atoms with E-state index in [1.807, 2.05) is 54.6 Å². The lowest BCUT2D eigenvalue weighted by Crippen LogP contribution is -2.51. The van der Waals surface area contributed by atoms with Crippen molar-refractivity contribution in [1.29, 1.82) is 0 Å². The van der Waals surface area contributed by atoms with Crippen LogP contribution in [0.5, 0.6) is 5.75 Å². The number of rotatable bonds is 14. The highest BCUT2D eigenvalue weighted by atomic mass is 32.2. The summed E-state index contributed by atoms with van der Waals surface area (Å²) in [5, 5.41) is 3.04. The minimum absolute atomic E-state index is 0.124. The molecular formula is C30H35FN2O3S. The Morgan fingerprint density at radius 1 is 0.973 bits per heavy atom. The van der Waals surface area contributed by atoms with Crippen molar-refractivity contribution in [2.24, 2.45) is 0 Å². The molecule has 0 heterocycles. The maximum absolute atomic E-state index is 13.6. The van der Waals surface area contributed by atoms with E-state index in [1.165, 1.54) is 23.9 Å². The summed E-state index contributed by atoms with van der Waals surface area (Å²) in [5.41, 5.74) is 2.81. The number of unbranched alkanes of at least 4 members (excludes halogenated alkanes) is 1. The summed E-state index contributed by atoms with van der Waals surface area (Å²) < 4.78 is 18.6. The Kier molecular flexibility index (Phi) is 11.5. The van der Waals surface area contributed by atoms with Crippen molar-refractivity contribution in [1.82, 2.24) is 10.2 Å². The zero-order valence-electron chi connectivity index (χ0n) is 21.5.